The topological polar surface area (TPSA) is 41.5 Å². The summed E-state index contributed by atoms with van der Waals surface area (Å²) in [6.45, 7) is 2.00. The molecule has 0 radical (unpaired) electrons. The number of benzene rings is 2. The Balaban J connectivity index is 2.10. The number of nitrogens with one attached hydrogen (secondary N) is 1. The Bertz CT molecular complexity index is 691. The first-order valence-corrected chi connectivity index (χ1v) is 8.40. The van der Waals surface area contributed by atoms with Crippen LogP contribution in [0, 0.1) is 6.92 Å². The van der Waals surface area contributed by atoms with Crippen LogP contribution in [0.2, 0.25) is 0 Å². The van der Waals surface area contributed by atoms with Gasteiger partial charge in [-0.15, -0.1) is 0 Å². The maximum Gasteiger partial charge on any atom is 0.272 e. The van der Waals surface area contributed by atoms with Crippen molar-refractivity contribution < 1.29 is 4.79 Å². The molecule has 0 saturated heterocycles. The number of carbonyl (C=O) groups excluding carboxylic acids is 1. The fraction of sp³-hybridized carbons (Fsp3) is 0.0667. The number of nitrogens with zero attached hydrogens (tertiary/aromatic N) is 1. The zero-order chi connectivity index (χ0) is 15.4. The van der Waals surface area contributed by atoms with Gasteiger partial charge in [0.25, 0.3) is 5.91 Å². The van der Waals surface area contributed by atoms with Gasteiger partial charge in [-0.1, -0.05) is 44.0 Å². The second kappa shape index (κ2) is 7.33. The molecule has 0 aliphatic rings. The van der Waals surface area contributed by atoms with E-state index >= 15 is 0 Å². The summed E-state index contributed by atoms with van der Waals surface area (Å²) >= 11 is 10.3. The summed E-state index contributed by atoms with van der Waals surface area (Å²) in [7, 11) is 0. The van der Waals surface area contributed by atoms with Crippen LogP contribution < -0.4 is 5.43 Å². The largest absolute Gasteiger partial charge is 0.272 e. The summed E-state index contributed by atoms with van der Waals surface area (Å²) in [5, 5.41) is 3.98. The molecule has 0 atom stereocenters. The molecular formula is C15H11Br3N2O. The second-order valence-corrected chi connectivity index (χ2v) is 6.85. The first-order chi connectivity index (χ1) is 9.99. The van der Waals surface area contributed by atoms with Gasteiger partial charge in [-0.3, -0.25) is 4.79 Å². The zero-order valence-electron chi connectivity index (χ0n) is 11.0. The number of halogens is 3. The molecule has 0 fully saturated rings. The first kappa shape index (κ1) is 16.4. The normalized spacial score (nSPS) is 10.9. The lowest BCUT2D eigenvalue weighted by atomic mass is 10.2. The molecule has 3 nitrogen and oxygen atoms in total. The predicted molar refractivity (Wildman–Crippen MR) is 95.8 cm³/mol. The molecule has 0 heterocycles. The van der Waals surface area contributed by atoms with E-state index < -0.39 is 0 Å². The molecule has 2 aromatic carbocycles. The highest BCUT2D eigenvalue weighted by Gasteiger charge is 2.07. The number of hydrogen-bond donors (Lipinski definition) is 1. The van der Waals surface area contributed by atoms with Gasteiger partial charge in [-0.05, 0) is 58.2 Å². The molecule has 2 aromatic rings. The number of amides is 1. The molecule has 6 heteroatoms. The Morgan fingerprint density at radius 1 is 1.10 bits per heavy atom. The summed E-state index contributed by atoms with van der Waals surface area (Å²) < 4.78 is 2.70. The number of rotatable bonds is 3. The third kappa shape index (κ3) is 4.25. The van der Waals surface area contributed by atoms with Crippen molar-refractivity contribution in [2.45, 2.75) is 6.92 Å². The van der Waals surface area contributed by atoms with E-state index in [1.165, 1.54) is 0 Å². The van der Waals surface area contributed by atoms with Crippen LogP contribution in [-0.2, 0) is 0 Å². The second-order valence-electron chi connectivity index (χ2n) is 4.29. The fourth-order valence-corrected chi connectivity index (χ4v) is 3.30. The molecule has 0 bridgehead atoms. The van der Waals surface area contributed by atoms with Crippen LogP contribution in [-0.4, -0.2) is 12.1 Å². The molecule has 1 N–H and O–H groups in total. The van der Waals surface area contributed by atoms with Gasteiger partial charge in [0.2, 0.25) is 0 Å². The third-order valence-electron chi connectivity index (χ3n) is 2.80. The molecule has 0 aliphatic heterocycles. The first-order valence-electron chi connectivity index (χ1n) is 6.02. The van der Waals surface area contributed by atoms with Crippen molar-refractivity contribution in [1.29, 1.82) is 0 Å². The van der Waals surface area contributed by atoms with Crippen LogP contribution >= 0.6 is 47.8 Å². The van der Waals surface area contributed by atoms with E-state index in [4.69, 9.17) is 0 Å². The molecule has 0 aromatic heterocycles. The number of hydrazone groups is 1. The Kier molecular flexibility index (Phi) is 5.72. The molecule has 0 unspecified atom stereocenters. The van der Waals surface area contributed by atoms with Crippen molar-refractivity contribution in [3.8, 4) is 0 Å². The lowest BCUT2D eigenvalue weighted by Crippen LogP contribution is -2.18. The lowest BCUT2D eigenvalue weighted by molar-refractivity contribution is 0.0954. The van der Waals surface area contributed by atoms with Gasteiger partial charge in [0.1, 0.15) is 0 Å². The van der Waals surface area contributed by atoms with Crippen molar-refractivity contribution in [2.75, 3.05) is 0 Å². The highest BCUT2D eigenvalue weighted by Crippen LogP contribution is 2.25. The minimum absolute atomic E-state index is 0.260. The summed E-state index contributed by atoms with van der Waals surface area (Å²) in [6.07, 6.45) is 1.60. The molecule has 108 valence electrons. The van der Waals surface area contributed by atoms with Gasteiger partial charge in [0, 0.05) is 13.4 Å². The Labute approximate surface area is 148 Å². The third-order valence-corrected chi connectivity index (χ3v) is 5.14. The maximum absolute atomic E-state index is 12.0. The van der Waals surface area contributed by atoms with Crippen molar-refractivity contribution in [3.05, 3.63) is 66.5 Å². The zero-order valence-corrected chi connectivity index (χ0v) is 15.8. The van der Waals surface area contributed by atoms with Crippen molar-refractivity contribution in [1.82, 2.24) is 5.43 Å². The van der Waals surface area contributed by atoms with E-state index in [1.54, 1.807) is 18.3 Å². The van der Waals surface area contributed by atoms with Gasteiger partial charge >= 0.3 is 0 Å². The van der Waals surface area contributed by atoms with Crippen LogP contribution in [0.4, 0.5) is 0 Å². The predicted octanol–water partition coefficient (Wildman–Crippen LogP) is 5.05. The summed E-state index contributed by atoms with van der Waals surface area (Å²) in [5.74, 6) is -0.260. The SMILES string of the molecule is Cc1c(Br)cc(/C=N/NC(=O)c2ccccc2Br)cc1Br. The van der Waals surface area contributed by atoms with Crippen LogP contribution in [0.15, 0.2) is 54.9 Å². The van der Waals surface area contributed by atoms with E-state index in [0.717, 1.165) is 24.5 Å². The number of hydrogen-bond acceptors (Lipinski definition) is 2. The monoisotopic (exact) mass is 472 g/mol. The van der Waals surface area contributed by atoms with Gasteiger partial charge in [0.05, 0.1) is 11.8 Å². The quantitative estimate of drug-likeness (QED) is 0.491. The molecule has 21 heavy (non-hydrogen) atoms. The summed E-state index contributed by atoms with van der Waals surface area (Å²) in [5.41, 5.74) is 5.05. The van der Waals surface area contributed by atoms with Crippen LogP contribution in [0.3, 0.4) is 0 Å². The van der Waals surface area contributed by atoms with Gasteiger partial charge < -0.3 is 0 Å². The highest BCUT2D eigenvalue weighted by atomic mass is 79.9. The van der Waals surface area contributed by atoms with E-state index in [0.29, 0.717) is 5.56 Å². The smallest absolute Gasteiger partial charge is 0.267 e. The van der Waals surface area contributed by atoms with E-state index in [1.807, 2.05) is 31.2 Å². The summed E-state index contributed by atoms with van der Waals surface area (Å²) in [6, 6.07) is 11.1. The fourth-order valence-electron chi connectivity index (χ4n) is 1.61. The Morgan fingerprint density at radius 3 is 2.33 bits per heavy atom. The van der Waals surface area contributed by atoms with E-state index in [9.17, 15) is 4.79 Å². The Hall–Kier alpha value is -0.980. The van der Waals surface area contributed by atoms with E-state index in [-0.39, 0.29) is 5.91 Å². The average Bonchev–Trinajstić information content (AvgIpc) is 2.45. The van der Waals surface area contributed by atoms with Gasteiger partial charge in [-0.2, -0.15) is 5.10 Å². The molecule has 1 amide bonds. The molecular weight excluding hydrogens is 464 g/mol. The molecule has 0 spiro atoms. The van der Waals surface area contributed by atoms with E-state index in [2.05, 4.69) is 58.3 Å². The maximum atomic E-state index is 12.0. The standard InChI is InChI=1S/C15H11Br3N2O/c1-9-13(17)6-10(7-14(9)18)8-19-20-15(21)11-4-2-3-5-12(11)16/h2-8H,1H3,(H,20,21)/b19-8+. The molecule has 0 saturated carbocycles. The van der Waals surface area contributed by atoms with Crippen LogP contribution in [0.1, 0.15) is 21.5 Å². The lowest BCUT2D eigenvalue weighted by Gasteiger charge is -2.04. The highest BCUT2D eigenvalue weighted by molar-refractivity contribution is 9.11. The molecule has 2 rings (SSSR count). The minimum Gasteiger partial charge on any atom is -0.267 e. The van der Waals surface area contributed by atoms with Crippen molar-refractivity contribution in [3.63, 3.8) is 0 Å². The van der Waals surface area contributed by atoms with Gasteiger partial charge in [-0.25, -0.2) is 5.43 Å². The number of carbonyl (C=O) groups is 1. The van der Waals surface area contributed by atoms with Crippen LogP contribution in [0.5, 0.6) is 0 Å². The average molecular weight is 475 g/mol. The van der Waals surface area contributed by atoms with Crippen molar-refractivity contribution >= 4 is 59.9 Å². The minimum atomic E-state index is -0.260. The molecule has 0 aliphatic carbocycles. The Morgan fingerprint density at radius 2 is 1.71 bits per heavy atom. The van der Waals surface area contributed by atoms with Crippen molar-refractivity contribution in [2.24, 2.45) is 5.10 Å². The van der Waals surface area contributed by atoms with Gasteiger partial charge in [0.15, 0.2) is 0 Å². The summed E-state index contributed by atoms with van der Waals surface area (Å²) in [4.78, 5) is 12.0. The van der Waals surface area contributed by atoms with Crippen LogP contribution in [0.25, 0.3) is 0 Å².